The molecule has 0 bridgehead atoms. The van der Waals surface area contributed by atoms with E-state index in [1.54, 1.807) is 6.07 Å². The number of anilines is 1. The maximum absolute atomic E-state index is 6.02. The third-order valence-electron chi connectivity index (χ3n) is 3.05. The van der Waals surface area contributed by atoms with Crippen LogP contribution in [0.15, 0.2) is 42.5 Å². The first-order valence-electron chi connectivity index (χ1n) is 6.48. The Bertz CT molecular complexity index is 641. The van der Waals surface area contributed by atoms with Gasteiger partial charge in [0.05, 0.1) is 10.0 Å². The molecule has 0 atom stereocenters. The number of benzene rings is 2. The van der Waals surface area contributed by atoms with E-state index in [0.29, 0.717) is 21.7 Å². The number of halogens is 2. The van der Waals surface area contributed by atoms with Gasteiger partial charge in [-0.05, 0) is 49.0 Å². The van der Waals surface area contributed by atoms with Gasteiger partial charge in [0.25, 0.3) is 0 Å². The van der Waals surface area contributed by atoms with Crippen LogP contribution in [0.3, 0.4) is 0 Å². The van der Waals surface area contributed by atoms with Crippen LogP contribution in [0.5, 0.6) is 0 Å². The molecule has 0 fully saturated rings. The molecule has 0 heterocycles. The Hall–Kier alpha value is -1.29. The molecule has 0 saturated carbocycles. The molecule has 5 heteroatoms. The summed E-state index contributed by atoms with van der Waals surface area (Å²) in [5.74, 6) is 0. The summed E-state index contributed by atoms with van der Waals surface area (Å²) in [5.41, 5.74) is 3.25. The Morgan fingerprint density at radius 3 is 2.38 bits per heavy atom. The van der Waals surface area contributed by atoms with E-state index >= 15 is 0 Å². The molecule has 0 unspecified atom stereocenters. The minimum atomic E-state index is 0.556. The van der Waals surface area contributed by atoms with Crippen molar-refractivity contribution in [1.29, 1.82) is 0 Å². The molecule has 21 heavy (non-hydrogen) atoms. The van der Waals surface area contributed by atoms with E-state index in [-0.39, 0.29) is 0 Å². The van der Waals surface area contributed by atoms with Crippen LogP contribution in [0.25, 0.3) is 0 Å². The predicted octanol–water partition coefficient (Wildman–Crippen LogP) is 5.13. The van der Waals surface area contributed by atoms with Gasteiger partial charge in [-0.25, -0.2) is 0 Å². The van der Waals surface area contributed by atoms with Crippen molar-refractivity contribution in [2.75, 3.05) is 12.4 Å². The zero-order valence-electron chi connectivity index (χ0n) is 11.9. The van der Waals surface area contributed by atoms with Crippen molar-refractivity contribution in [2.24, 2.45) is 0 Å². The van der Waals surface area contributed by atoms with Crippen LogP contribution in [0.2, 0.25) is 10.0 Å². The quantitative estimate of drug-likeness (QED) is 0.781. The molecule has 0 aliphatic heterocycles. The Morgan fingerprint density at radius 1 is 1.10 bits per heavy atom. The molecule has 0 radical (unpaired) electrons. The molecule has 0 aliphatic rings. The normalized spacial score (nSPS) is 10.3. The Kier molecular flexibility index (Phi) is 5.45. The average molecular weight is 339 g/mol. The van der Waals surface area contributed by atoms with Crippen LogP contribution in [0.4, 0.5) is 5.69 Å². The van der Waals surface area contributed by atoms with Crippen molar-refractivity contribution in [3.8, 4) is 0 Å². The summed E-state index contributed by atoms with van der Waals surface area (Å²) in [6.07, 6.45) is 0. The second kappa shape index (κ2) is 7.12. The summed E-state index contributed by atoms with van der Waals surface area (Å²) in [4.78, 5) is 1.95. The summed E-state index contributed by atoms with van der Waals surface area (Å²) >= 11 is 17.3. The largest absolute Gasteiger partial charge is 0.348 e. The molecular formula is C16H16Cl2N2S. The molecule has 2 aromatic carbocycles. The first-order chi connectivity index (χ1) is 9.95. The highest BCUT2D eigenvalue weighted by Gasteiger charge is 2.07. The van der Waals surface area contributed by atoms with Crippen LogP contribution >= 0.6 is 35.4 Å². The maximum atomic E-state index is 6.02. The third-order valence-corrected chi connectivity index (χ3v) is 4.21. The van der Waals surface area contributed by atoms with Gasteiger partial charge in [-0.3, -0.25) is 0 Å². The van der Waals surface area contributed by atoms with Gasteiger partial charge >= 0.3 is 0 Å². The van der Waals surface area contributed by atoms with Gasteiger partial charge in [0.15, 0.2) is 5.11 Å². The number of hydrogen-bond donors (Lipinski definition) is 1. The van der Waals surface area contributed by atoms with Crippen LogP contribution in [0, 0.1) is 6.92 Å². The number of hydrogen-bond acceptors (Lipinski definition) is 1. The van der Waals surface area contributed by atoms with Gasteiger partial charge < -0.3 is 10.2 Å². The van der Waals surface area contributed by atoms with Gasteiger partial charge in [-0.15, -0.1) is 0 Å². The molecular weight excluding hydrogens is 323 g/mol. The molecule has 0 saturated heterocycles. The lowest BCUT2D eigenvalue weighted by atomic mass is 10.2. The zero-order valence-corrected chi connectivity index (χ0v) is 14.2. The number of aryl methyl sites for hydroxylation is 1. The molecule has 2 nitrogen and oxygen atoms in total. The highest BCUT2D eigenvalue weighted by molar-refractivity contribution is 7.80. The predicted molar refractivity (Wildman–Crippen MR) is 95.3 cm³/mol. The fraction of sp³-hybridized carbons (Fsp3) is 0.188. The van der Waals surface area contributed by atoms with E-state index in [1.807, 2.05) is 48.3 Å². The van der Waals surface area contributed by atoms with Crippen molar-refractivity contribution in [2.45, 2.75) is 13.5 Å². The van der Waals surface area contributed by atoms with Gasteiger partial charge in [0.2, 0.25) is 0 Å². The standard InChI is InChI=1S/C16H16Cl2N2S/c1-11-3-6-13(7-4-11)19-16(21)20(2)10-12-5-8-14(17)15(18)9-12/h3-9H,10H2,1-2H3,(H,19,21). The van der Waals surface area contributed by atoms with Crippen LogP contribution in [-0.4, -0.2) is 17.1 Å². The molecule has 0 aromatic heterocycles. The van der Waals surface area contributed by atoms with Crippen LogP contribution in [-0.2, 0) is 6.54 Å². The lowest BCUT2D eigenvalue weighted by Crippen LogP contribution is -2.30. The second-order valence-corrected chi connectivity index (χ2v) is 6.10. The third kappa shape index (κ3) is 4.60. The van der Waals surface area contributed by atoms with Crippen LogP contribution < -0.4 is 5.32 Å². The Balaban J connectivity index is 1.98. The zero-order chi connectivity index (χ0) is 15.4. The molecule has 0 spiro atoms. The van der Waals surface area contributed by atoms with E-state index in [4.69, 9.17) is 35.4 Å². The van der Waals surface area contributed by atoms with Gasteiger partial charge in [-0.1, -0.05) is 47.0 Å². The first-order valence-corrected chi connectivity index (χ1v) is 7.65. The fourth-order valence-electron chi connectivity index (χ4n) is 1.84. The van der Waals surface area contributed by atoms with Crippen molar-refractivity contribution in [3.63, 3.8) is 0 Å². The topological polar surface area (TPSA) is 15.3 Å². The molecule has 1 N–H and O–H groups in total. The smallest absolute Gasteiger partial charge is 0.173 e. The molecule has 2 aromatic rings. The van der Waals surface area contributed by atoms with Crippen molar-refractivity contribution in [3.05, 3.63) is 63.6 Å². The maximum Gasteiger partial charge on any atom is 0.173 e. The second-order valence-electron chi connectivity index (χ2n) is 4.90. The number of thiocarbonyl (C=S) groups is 1. The van der Waals surface area contributed by atoms with E-state index in [1.165, 1.54) is 5.56 Å². The van der Waals surface area contributed by atoms with E-state index in [2.05, 4.69) is 12.2 Å². The SMILES string of the molecule is Cc1ccc(NC(=S)N(C)Cc2ccc(Cl)c(Cl)c2)cc1. The van der Waals surface area contributed by atoms with Crippen molar-refractivity contribution >= 4 is 46.2 Å². The van der Waals surface area contributed by atoms with Crippen molar-refractivity contribution in [1.82, 2.24) is 4.90 Å². The fourth-order valence-corrected chi connectivity index (χ4v) is 2.34. The minimum Gasteiger partial charge on any atom is -0.348 e. The minimum absolute atomic E-state index is 0.556. The Labute approximate surface area is 140 Å². The average Bonchev–Trinajstić information content (AvgIpc) is 2.45. The Morgan fingerprint density at radius 2 is 1.76 bits per heavy atom. The molecule has 0 amide bonds. The molecule has 110 valence electrons. The number of nitrogens with one attached hydrogen (secondary N) is 1. The summed E-state index contributed by atoms with van der Waals surface area (Å²) in [5, 5.41) is 4.99. The summed E-state index contributed by atoms with van der Waals surface area (Å²) in [6, 6.07) is 13.7. The lowest BCUT2D eigenvalue weighted by molar-refractivity contribution is 0.508. The first kappa shape index (κ1) is 16.1. The molecule has 2 rings (SSSR count). The van der Waals surface area contributed by atoms with Crippen molar-refractivity contribution < 1.29 is 0 Å². The van der Waals surface area contributed by atoms with Gasteiger partial charge in [0.1, 0.15) is 0 Å². The summed E-state index contributed by atoms with van der Waals surface area (Å²) in [6.45, 7) is 2.72. The lowest BCUT2D eigenvalue weighted by Gasteiger charge is -2.21. The van der Waals surface area contributed by atoms with Gasteiger partial charge in [-0.2, -0.15) is 0 Å². The van der Waals surface area contributed by atoms with E-state index in [0.717, 1.165) is 11.3 Å². The highest BCUT2D eigenvalue weighted by Crippen LogP contribution is 2.23. The van der Waals surface area contributed by atoms with E-state index in [9.17, 15) is 0 Å². The summed E-state index contributed by atoms with van der Waals surface area (Å²) < 4.78 is 0. The van der Waals surface area contributed by atoms with Gasteiger partial charge in [0, 0.05) is 19.3 Å². The van der Waals surface area contributed by atoms with E-state index < -0.39 is 0 Å². The highest BCUT2D eigenvalue weighted by atomic mass is 35.5. The van der Waals surface area contributed by atoms with Crippen LogP contribution in [0.1, 0.15) is 11.1 Å². The number of nitrogens with zero attached hydrogens (tertiary/aromatic N) is 1. The number of rotatable bonds is 3. The molecule has 0 aliphatic carbocycles. The monoisotopic (exact) mass is 338 g/mol. The summed E-state index contributed by atoms with van der Waals surface area (Å²) in [7, 11) is 1.94.